The Hall–Kier alpha value is -6.02. The van der Waals surface area contributed by atoms with Crippen molar-refractivity contribution >= 4 is 34.9 Å². The fourth-order valence-electron chi connectivity index (χ4n) is 10.1. The second-order valence-corrected chi connectivity index (χ2v) is 18.9. The molecule has 5 heterocycles. The van der Waals surface area contributed by atoms with Gasteiger partial charge in [0, 0.05) is 19.6 Å². The van der Waals surface area contributed by atoms with Crippen LogP contribution in [0.15, 0.2) is 72.9 Å². The summed E-state index contributed by atoms with van der Waals surface area (Å²) in [6.07, 6.45) is 3.55. The largest absolute Gasteiger partial charge is 0.469 e. The van der Waals surface area contributed by atoms with Crippen molar-refractivity contribution in [3.8, 4) is 33.5 Å². The van der Waals surface area contributed by atoms with Crippen LogP contribution in [0.25, 0.3) is 44.5 Å². The lowest BCUT2D eigenvalue weighted by Crippen LogP contribution is -2.51. The Morgan fingerprint density at radius 1 is 0.703 bits per heavy atom. The van der Waals surface area contributed by atoms with Gasteiger partial charge in [-0.25, -0.2) is 14.8 Å². The maximum absolute atomic E-state index is 14.3. The molecule has 7 atom stereocenters. The average Bonchev–Trinajstić information content (AvgIpc) is 4.15. The average molecular weight is 871 g/mol. The van der Waals surface area contributed by atoms with Crippen molar-refractivity contribution in [3.05, 3.63) is 84.6 Å². The zero-order chi connectivity index (χ0) is 45.4. The highest BCUT2D eigenvalue weighted by atomic mass is 16.5. The van der Waals surface area contributed by atoms with Crippen LogP contribution in [-0.2, 0) is 23.9 Å². The first kappa shape index (κ1) is 44.6. The van der Waals surface area contributed by atoms with Crippen LogP contribution >= 0.6 is 0 Å². The molecule has 5 aromatic rings. The number of rotatable bonds is 12. The summed E-state index contributed by atoms with van der Waals surface area (Å²) in [4.78, 5) is 75.3. The van der Waals surface area contributed by atoms with Gasteiger partial charge in [0.2, 0.25) is 11.8 Å². The number of amides is 3. The number of fused-ring (bicyclic) bond motifs is 1. The molecule has 3 amide bonds. The number of ether oxygens (including phenoxy) is 2. The number of hydrogen-bond acceptors (Lipinski definition) is 9. The highest BCUT2D eigenvalue weighted by Gasteiger charge is 2.44. The molecule has 338 valence electrons. The zero-order valence-electron chi connectivity index (χ0n) is 38.3. The fourth-order valence-corrected chi connectivity index (χ4v) is 10.1. The van der Waals surface area contributed by atoms with Crippen LogP contribution in [0.4, 0.5) is 4.79 Å². The van der Waals surface area contributed by atoms with E-state index in [4.69, 9.17) is 19.4 Å². The molecule has 0 aliphatic carbocycles. The number of nitrogens with one attached hydrogen (secondary N) is 3. The van der Waals surface area contributed by atoms with Gasteiger partial charge in [-0.1, -0.05) is 96.1 Å². The van der Waals surface area contributed by atoms with Gasteiger partial charge in [-0.05, 0) is 89.4 Å². The van der Waals surface area contributed by atoms with E-state index in [9.17, 15) is 19.2 Å². The predicted molar refractivity (Wildman–Crippen MR) is 246 cm³/mol. The molecule has 3 aliphatic rings. The summed E-state index contributed by atoms with van der Waals surface area (Å²) in [6.45, 7) is 14.8. The van der Waals surface area contributed by atoms with Crippen LogP contribution in [0.1, 0.15) is 84.5 Å². The Kier molecular flexibility index (Phi) is 13.0. The summed E-state index contributed by atoms with van der Waals surface area (Å²) < 4.78 is 9.82. The van der Waals surface area contributed by atoms with Gasteiger partial charge in [0.15, 0.2) is 0 Å². The highest BCUT2D eigenvalue weighted by Crippen LogP contribution is 2.39. The smallest absolute Gasteiger partial charge is 0.407 e. The molecule has 3 saturated heterocycles. The molecule has 0 spiro atoms. The molecule has 14 nitrogen and oxygen atoms in total. The van der Waals surface area contributed by atoms with Crippen LogP contribution in [0.5, 0.6) is 0 Å². The number of benzene rings is 3. The van der Waals surface area contributed by atoms with Crippen molar-refractivity contribution in [3.63, 3.8) is 0 Å². The maximum atomic E-state index is 14.3. The van der Waals surface area contributed by atoms with E-state index in [2.05, 4.69) is 109 Å². The molecule has 3 N–H and O–H groups in total. The number of imidazole rings is 2. The highest BCUT2D eigenvalue weighted by molar-refractivity contribution is 5.87. The first-order valence-corrected chi connectivity index (χ1v) is 22.8. The van der Waals surface area contributed by atoms with Crippen molar-refractivity contribution in [1.29, 1.82) is 0 Å². The second-order valence-electron chi connectivity index (χ2n) is 18.9. The summed E-state index contributed by atoms with van der Waals surface area (Å²) in [5.41, 5.74) is 7.95. The van der Waals surface area contributed by atoms with Crippen LogP contribution in [0, 0.1) is 29.6 Å². The van der Waals surface area contributed by atoms with E-state index in [0.717, 1.165) is 69.0 Å². The number of carbonyl (C=O) groups is 4. The minimum Gasteiger partial charge on any atom is -0.469 e. The van der Waals surface area contributed by atoms with Gasteiger partial charge in [-0.3, -0.25) is 19.3 Å². The number of aromatic nitrogens is 4. The van der Waals surface area contributed by atoms with Crippen molar-refractivity contribution in [2.45, 2.75) is 85.0 Å². The quantitative estimate of drug-likeness (QED) is 0.105. The molecule has 0 saturated carbocycles. The molecule has 3 aliphatic heterocycles. The number of aromatic amines is 2. The lowest BCUT2D eigenvalue weighted by molar-refractivity contribution is -0.146. The van der Waals surface area contributed by atoms with E-state index in [0.29, 0.717) is 38.5 Å². The summed E-state index contributed by atoms with van der Waals surface area (Å²) >= 11 is 0. The van der Waals surface area contributed by atoms with E-state index < -0.39 is 12.1 Å². The Morgan fingerprint density at radius 3 is 1.88 bits per heavy atom. The SMILES string of the molecule is COC(=O)N[C@H](C(=O)N1C[C@H](C)C[C@H]1c1nc2ccc(-c3ccc(-c4ccc(-c5cnc([C@@H]6C[C@H](C)CN6C(=O)[C@H](C(C)C)N6CCC(C(=O)OC)C6)[nH]5)cc4)cc3)cc2[nH]1)C(C)C. The number of carbonyl (C=O) groups excluding carboxylic acids is 4. The Labute approximate surface area is 375 Å². The number of H-pyrrole nitrogens is 2. The molecule has 64 heavy (non-hydrogen) atoms. The van der Waals surface area contributed by atoms with Crippen molar-refractivity contribution in [2.75, 3.05) is 40.4 Å². The molecule has 8 rings (SSSR count). The van der Waals surface area contributed by atoms with E-state index in [1.165, 1.54) is 14.2 Å². The summed E-state index contributed by atoms with van der Waals surface area (Å²) in [5.74, 6) is 1.68. The minimum absolute atomic E-state index is 0.0879. The van der Waals surface area contributed by atoms with Crippen molar-refractivity contribution in [1.82, 2.24) is 40.0 Å². The van der Waals surface area contributed by atoms with Gasteiger partial charge in [0.25, 0.3) is 0 Å². The fraction of sp³-hybridized carbons (Fsp3) is 0.480. The number of alkyl carbamates (subject to hydrolysis) is 1. The van der Waals surface area contributed by atoms with Gasteiger partial charge in [0.05, 0.1) is 61.2 Å². The zero-order valence-corrected chi connectivity index (χ0v) is 38.3. The number of nitrogens with zero attached hydrogens (tertiary/aromatic N) is 5. The van der Waals surface area contributed by atoms with E-state index in [-0.39, 0.29) is 59.6 Å². The van der Waals surface area contributed by atoms with Crippen molar-refractivity contribution in [2.24, 2.45) is 29.6 Å². The van der Waals surface area contributed by atoms with Crippen molar-refractivity contribution < 1.29 is 28.7 Å². The summed E-state index contributed by atoms with van der Waals surface area (Å²) in [7, 11) is 2.72. The lowest BCUT2D eigenvalue weighted by atomic mass is 9.99. The van der Waals surface area contributed by atoms with Crippen LogP contribution in [0.3, 0.4) is 0 Å². The molecule has 0 bridgehead atoms. The van der Waals surface area contributed by atoms with Crippen LogP contribution < -0.4 is 5.32 Å². The molecular formula is C50H62N8O6. The van der Waals surface area contributed by atoms with E-state index in [1.807, 2.05) is 35.9 Å². The van der Waals surface area contributed by atoms with Gasteiger partial charge >= 0.3 is 12.1 Å². The lowest BCUT2D eigenvalue weighted by Gasteiger charge is -2.35. The topological polar surface area (TPSA) is 166 Å². The molecule has 0 radical (unpaired) electrons. The third-order valence-corrected chi connectivity index (χ3v) is 13.5. The third kappa shape index (κ3) is 9.02. The van der Waals surface area contributed by atoms with Gasteiger partial charge in [-0.2, -0.15) is 0 Å². The molecule has 14 heteroatoms. The maximum Gasteiger partial charge on any atom is 0.407 e. The molecular weight excluding hydrogens is 809 g/mol. The van der Waals surface area contributed by atoms with Gasteiger partial charge in [-0.15, -0.1) is 0 Å². The minimum atomic E-state index is -0.700. The Balaban J connectivity index is 0.936. The molecule has 3 fully saturated rings. The van der Waals surface area contributed by atoms with E-state index in [1.54, 1.807) is 0 Å². The second kappa shape index (κ2) is 18.6. The molecule has 3 aromatic carbocycles. The monoisotopic (exact) mass is 870 g/mol. The molecule has 1 unspecified atom stereocenters. The Bertz CT molecular complexity index is 2480. The van der Waals surface area contributed by atoms with Gasteiger partial charge < -0.3 is 34.6 Å². The number of esters is 1. The predicted octanol–water partition coefficient (Wildman–Crippen LogP) is 8.01. The number of likely N-dealkylation sites (tertiary alicyclic amines) is 3. The standard InChI is InChI=1S/C50H62N8O6/c1-28(2)43(55-50(62)64-8)47(59)57-25-31(6)22-42(57)46-52-38-18-17-36(23-39(38)53-46)34-11-9-32(10-12-34)33-13-15-35(16-14-33)40-24-51-45(54-40)41-21-30(5)26-58(41)48(60)44(29(3)4)56-20-19-37(27-56)49(61)63-7/h9-18,23-24,28-31,37,41-44H,19-22,25-27H2,1-8H3,(H,51,54)(H,52,53)(H,55,62)/t30-,31+,37?,41-,42-,43-,44-/m0/s1. The first-order chi connectivity index (χ1) is 30.7. The summed E-state index contributed by atoms with van der Waals surface area (Å²) in [5, 5.41) is 2.73. The van der Waals surface area contributed by atoms with E-state index >= 15 is 0 Å². The van der Waals surface area contributed by atoms with Crippen LogP contribution in [0.2, 0.25) is 0 Å². The summed E-state index contributed by atoms with van der Waals surface area (Å²) in [6, 6.07) is 21.8. The first-order valence-electron chi connectivity index (χ1n) is 22.8. The van der Waals surface area contributed by atoms with Gasteiger partial charge in [0.1, 0.15) is 17.7 Å². The molecule has 2 aromatic heterocycles. The number of methoxy groups -OCH3 is 2. The normalized spacial score (nSPS) is 22.4. The number of hydrogen-bond donors (Lipinski definition) is 3. The third-order valence-electron chi connectivity index (χ3n) is 13.5. The Morgan fingerprint density at radius 2 is 1.28 bits per heavy atom. The van der Waals surface area contributed by atoms with Crippen LogP contribution in [-0.4, -0.2) is 111 Å².